The van der Waals surface area contributed by atoms with Crippen molar-refractivity contribution in [3.8, 4) is 0 Å². The molecule has 140 valence electrons. The minimum absolute atomic E-state index is 0.0266. The Balaban J connectivity index is 2.35. The molecule has 0 unspecified atom stereocenters. The minimum Gasteiger partial charge on any atom is -0.305 e. The Kier molecular flexibility index (Phi) is 5.59. The molecule has 1 amide bonds. The van der Waals surface area contributed by atoms with Crippen molar-refractivity contribution in [2.45, 2.75) is 24.7 Å². The van der Waals surface area contributed by atoms with Crippen LogP contribution in [0.1, 0.15) is 28.5 Å². The van der Waals surface area contributed by atoms with Gasteiger partial charge in [-0.3, -0.25) is 4.79 Å². The van der Waals surface area contributed by atoms with E-state index < -0.39 is 44.7 Å². The van der Waals surface area contributed by atoms with E-state index >= 15 is 0 Å². The first-order valence-electron chi connectivity index (χ1n) is 7.20. The van der Waals surface area contributed by atoms with Gasteiger partial charge in [-0.25, -0.2) is 22.8 Å². The fraction of sp³-hybridized carbons (Fsp3) is 0.267. The standard InChI is InChI=1S/C15H13F4N3O3S/c1-2-26(24,25)11-5-9(6-16)7-21-13(11)14(23)22-12-4-3-10(8-20-12)15(17,18)19/h3-5,7-8H,2,6H2,1H3,(H,20,22,23). The summed E-state index contributed by atoms with van der Waals surface area (Å²) in [5, 5.41) is 2.17. The number of pyridine rings is 2. The van der Waals surface area contributed by atoms with Crippen LogP contribution in [0.4, 0.5) is 23.4 Å². The van der Waals surface area contributed by atoms with Crippen molar-refractivity contribution in [1.29, 1.82) is 0 Å². The maximum Gasteiger partial charge on any atom is 0.417 e. The highest BCUT2D eigenvalue weighted by molar-refractivity contribution is 7.91. The van der Waals surface area contributed by atoms with Crippen LogP contribution in [0.2, 0.25) is 0 Å². The summed E-state index contributed by atoms with van der Waals surface area (Å²) in [7, 11) is -3.88. The Labute approximate surface area is 146 Å². The lowest BCUT2D eigenvalue weighted by Gasteiger charge is -2.11. The number of rotatable bonds is 5. The first-order valence-corrected chi connectivity index (χ1v) is 8.86. The highest BCUT2D eigenvalue weighted by atomic mass is 32.2. The van der Waals surface area contributed by atoms with Crippen LogP contribution in [-0.4, -0.2) is 30.0 Å². The van der Waals surface area contributed by atoms with Crippen molar-refractivity contribution in [3.05, 3.63) is 47.4 Å². The zero-order valence-electron chi connectivity index (χ0n) is 13.3. The van der Waals surface area contributed by atoms with E-state index in [1.54, 1.807) is 0 Å². The fourth-order valence-electron chi connectivity index (χ4n) is 1.93. The quantitative estimate of drug-likeness (QED) is 0.792. The maximum atomic E-state index is 12.8. The molecule has 0 aliphatic carbocycles. The van der Waals surface area contributed by atoms with E-state index in [0.717, 1.165) is 18.3 Å². The van der Waals surface area contributed by atoms with Gasteiger partial charge in [0, 0.05) is 18.0 Å². The molecule has 11 heteroatoms. The molecule has 26 heavy (non-hydrogen) atoms. The van der Waals surface area contributed by atoms with Gasteiger partial charge in [0.25, 0.3) is 5.91 Å². The van der Waals surface area contributed by atoms with Gasteiger partial charge in [-0.05, 0) is 18.2 Å². The van der Waals surface area contributed by atoms with Gasteiger partial charge in [0.2, 0.25) is 0 Å². The number of carbonyl (C=O) groups excluding carboxylic acids is 1. The Hall–Kier alpha value is -2.56. The second kappa shape index (κ2) is 7.36. The second-order valence-corrected chi connectivity index (χ2v) is 7.36. The number of nitrogens with one attached hydrogen (secondary N) is 1. The normalized spacial score (nSPS) is 12.0. The van der Waals surface area contributed by atoms with Crippen LogP contribution >= 0.6 is 0 Å². The number of anilines is 1. The molecule has 0 aromatic carbocycles. The molecular weight excluding hydrogens is 378 g/mol. The largest absolute Gasteiger partial charge is 0.417 e. The smallest absolute Gasteiger partial charge is 0.305 e. The lowest BCUT2D eigenvalue weighted by Crippen LogP contribution is -2.20. The Morgan fingerprint density at radius 3 is 2.38 bits per heavy atom. The zero-order chi connectivity index (χ0) is 19.5. The third-order valence-electron chi connectivity index (χ3n) is 3.33. The van der Waals surface area contributed by atoms with Gasteiger partial charge in [-0.1, -0.05) is 6.92 Å². The van der Waals surface area contributed by atoms with E-state index in [1.807, 2.05) is 0 Å². The second-order valence-electron chi connectivity index (χ2n) is 5.11. The first kappa shape index (κ1) is 19.8. The van der Waals surface area contributed by atoms with Crippen LogP contribution in [0, 0.1) is 0 Å². The number of amides is 1. The summed E-state index contributed by atoms with van der Waals surface area (Å²) in [5.74, 6) is -1.56. The molecule has 0 aliphatic rings. The number of aromatic nitrogens is 2. The molecule has 0 saturated heterocycles. The first-order chi connectivity index (χ1) is 12.1. The molecule has 0 spiro atoms. The topological polar surface area (TPSA) is 89.0 Å². The molecule has 0 saturated carbocycles. The Morgan fingerprint density at radius 1 is 1.19 bits per heavy atom. The Morgan fingerprint density at radius 2 is 1.88 bits per heavy atom. The molecule has 2 heterocycles. The van der Waals surface area contributed by atoms with Crippen molar-refractivity contribution in [3.63, 3.8) is 0 Å². The van der Waals surface area contributed by atoms with E-state index in [-0.39, 0.29) is 17.1 Å². The van der Waals surface area contributed by atoms with Gasteiger partial charge in [0.1, 0.15) is 18.2 Å². The van der Waals surface area contributed by atoms with E-state index in [0.29, 0.717) is 12.3 Å². The SMILES string of the molecule is CCS(=O)(=O)c1cc(CF)cnc1C(=O)Nc1ccc(C(F)(F)F)cn1. The minimum atomic E-state index is -4.58. The van der Waals surface area contributed by atoms with Crippen LogP contribution in [-0.2, 0) is 22.7 Å². The molecule has 2 rings (SSSR count). The number of alkyl halides is 4. The van der Waals surface area contributed by atoms with E-state index in [9.17, 15) is 30.8 Å². The van der Waals surface area contributed by atoms with Crippen LogP contribution in [0.15, 0.2) is 35.5 Å². The highest BCUT2D eigenvalue weighted by Crippen LogP contribution is 2.29. The number of carbonyl (C=O) groups is 1. The van der Waals surface area contributed by atoms with Crippen molar-refractivity contribution < 1.29 is 30.8 Å². The molecule has 0 fully saturated rings. The lowest BCUT2D eigenvalue weighted by molar-refractivity contribution is -0.137. The maximum absolute atomic E-state index is 12.8. The van der Waals surface area contributed by atoms with Crippen LogP contribution in [0.25, 0.3) is 0 Å². The third-order valence-corrected chi connectivity index (χ3v) is 5.07. The fourth-order valence-corrected chi connectivity index (χ4v) is 3.01. The predicted molar refractivity (Wildman–Crippen MR) is 84.0 cm³/mol. The summed E-state index contributed by atoms with van der Waals surface area (Å²) in [4.78, 5) is 19.0. The van der Waals surface area contributed by atoms with Crippen LogP contribution in [0.3, 0.4) is 0 Å². The van der Waals surface area contributed by atoms with Gasteiger partial charge in [0.05, 0.1) is 16.2 Å². The van der Waals surface area contributed by atoms with E-state index in [4.69, 9.17) is 0 Å². The summed E-state index contributed by atoms with van der Waals surface area (Å²) in [6.07, 6.45) is -3.05. The molecule has 0 atom stereocenters. The summed E-state index contributed by atoms with van der Waals surface area (Å²) in [5.41, 5.74) is -1.53. The number of hydrogen-bond donors (Lipinski definition) is 1. The lowest BCUT2D eigenvalue weighted by atomic mass is 10.2. The van der Waals surface area contributed by atoms with Crippen molar-refractivity contribution in [2.75, 3.05) is 11.1 Å². The van der Waals surface area contributed by atoms with Gasteiger partial charge < -0.3 is 5.32 Å². The van der Waals surface area contributed by atoms with Gasteiger partial charge in [-0.2, -0.15) is 13.2 Å². The summed E-state index contributed by atoms with van der Waals surface area (Å²) in [6, 6.07) is 2.64. The zero-order valence-corrected chi connectivity index (χ0v) is 14.2. The Bertz CT molecular complexity index is 913. The molecule has 0 aliphatic heterocycles. The van der Waals surface area contributed by atoms with Crippen molar-refractivity contribution in [2.24, 2.45) is 0 Å². The van der Waals surface area contributed by atoms with E-state index in [2.05, 4.69) is 15.3 Å². The van der Waals surface area contributed by atoms with Gasteiger partial charge in [0.15, 0.2) is 9.84 Å². The summed E-state index contributed by atoms with van der Waals surface area (Å²) >= 11 is 0. The number of sulfone groups is 1. The van der Waals surface area contributed by atoms with Crippen LogP contribution < -0.4 is 5.32 Å². The molecule has 2 aromatic heterocycles. The van der Waals surface area contributed by atoms with Crippen molar-refractivity contribution in [1.82, 2.24) is 9.97 Å². The molecule has 6 nitrogen and oxygen atoms in total. The summed E-state index contributed by atoms with van der Waals surface area (Å²) < 4.78 is 74.5. The van der Waals surface area contributed by atoms with E-state index in [1.165, 1.54) is 6.92 Å². The third kappa shape index (κ3) is 4.34. The van der Waals surface area contributed by atoms with Gasteiger partial charge >= 0.3 is 6.18 Å². The molecule has 1 N–H and O–H groups in total. The average Bonchev–Trinajstić information content (AvgIpc) is 2.60. The monoisotopic (exact) mass is 391 g/mol. The average molecular weight is 391 g/mol. The summed E-state index contributed by atoms with van der Waals surface area (Å²) in [6.45, 7) is 0.373. The number of nitrogens with zero attached hydrogens (tertiary/aromatic N) is 2. The molecule has 0 bridgehead atoms. The molecular formula is C15H13F4N3O3S. The van der Waals surface area contributed by atoms with Gasteiger partial charge in [-0.15, -0.1) is 0 Å². The predicted octanol–water partition coefficient (Wildman–Crippen LogP) is 3.01. The molecule has 2 aromatic rings. The number of halogens is 4. The van der Waals surface area contributed by atoms with Crippen LogP contribution in [0.5, 0.6) is 0 Å². The number of hydrogen-bond acceptors (Lipinski definition) is 5. The molecule has 0 radical (unpaired) electrons. The van der Waals surface area contributed by atoms with Crippen molar-refractivity contribution >= 4 is 21.6 Å². The highest BCUT2D eigenvalue weighted by Gasteiger charge is 2.31.